The Bertz CT molecular complexity index is 142. The average Bonchev–Trinajstić information content (AvgIpc) is 2.20. The summed E-state index contributed by atoms with van der Waals surface area (Å²) in [4.78, 5) is 2.41. The smallest absolute Gasteiger partial charge is 0.0431 e. The zero-order chi connectivity index (χ0) is 11.7. The van der Waals surface area contributed by atoms with Crippen LogP contribution in [0.3, 0.4) is 0 Å². The summed E-state index contributed by atoms with van der Waals surface area (Å²) in [6, 6.07) is 0. The number of aliphatic hydroxyl groups excluding tert-OH is 1. The molecule has 0 aliphatic rings. The molecule has 0 aromatic carbocycles. The summed E-state index contributed by atoms with van der Waals surface area (Å²) in [7, 11) is 2.19. The summed E-state index contributed by atoms with van der Waals surface area (Å²) in [5, 5.41) is 9.76. The predicted molar refractivity (Wildman–Crippen MR) is 70.6 cm³/mol. The molecule has 2 nitrogen and oxygen atoms in total. The van der Waals surface area contributed by atoms with Crippen LogP contribution in [0, 0.1) is 11.8 Å². The van der Waals surface area contributed by atoms with E-state index in [2.05, 4.69) is 41.7 Å². The minimum Gasteiger partial charge on any atom is -0.396 e. The molecule has 0 amide bonds. The lowest BCUT2D eigenvalue weighted by Crippen LogP contribution is -2.30. The van der Waals surface area contributed by atoms with Crippen molar-refractivity contribution in [3.8, 4) is 0 Å². The lowest BCUT2D eigenvalue weighted by molar-refractivity contribution is 0.241. The number of rotatable bonds is 9. The Kier molecular flexibility index (Phi) is 9.87. The van der Waals surface area contributed by atoms with Gasteiger partial charge >= 0.3 is 0 Å². The van der Waals surface area contributed by atoms with E-state index >= 15 is 0 Å². The maximum Gasteiger partial charge on any atom is 0.0431 e. The molecule has 15 heavy (non-hydrogen) atoms. The van der Waals surface area contributed by atoms with Crippen LogP contribution in [0.15, 0.2) is 0 Å². The summed E-state index contributed by atoms with van der Waals surface area (Å²) in [6.45, 7) is 7.22. The van der Waals surface area contributed by atoms with Crippen LogP contribution in [-0.4, -0.2) is 42.1 Å². The summed E-state index contributed by atoms with van der Waals surface area (Å²) >= 11 is 3.58. The van der Waals surface area contributed by atoms with Gasteiger partial charge in [-0.2, -0.15) is 0 Å². The molecule has 3 heteroatoms. The number of halogens is 1. The first-order chi connectivity index (χ1) is 7.11. The van der Waals surface area contributed by atoms with Crippen molar-refractivity contribution in [1.29, 1.82) is 0 Å². The second kappa shape index (κ2) is 9.61. The predicted octanol–water partition coefficient (Wildman–Crippen LogP) is 2.75. The number of unbranched alkanes of at least 4 members (excludes halogenated alkanes) is 2. The van der Waals surface area contributed by atoms with E-state index in [1.165, 1.54) is 13.0 Å². The molecular formula is C12H26BrNO. The Morgan fingerprint density at radius 3 is 2.33 bits per heavy atom. The molecule has 0 aliphatic carbocycles. The van der Waals surface area contributed by atoms with Gasteiger partial charge in [0.1, 0.15) is 0 Å². The molecular weight excluding hydrogens is 254 g/mol. The average molecular weight is 280 g/mol. The molecule has 0 rings (SSSR count). The van der Waals surface area contributed by atoms with E-state index in [9.17, 15) is 0 Å². The molecule has 1 N–H and O–H groups in total. The van der Waals surface area contributed by atoms with Gasteiger partial charge in [-0.1, -0.05) is 29.8 Å². The van der Waals surface area contributed by atoms with Gasteiger partial charge < -0.3 is 10.0 Å². The molecule has 0 heterocycles. The van der Waals surface area contributed by atoms with E-state index in [0.29, 0.717) is 6.61 Å². The topological polar surface area (TPSA) is 23.5 Å². The van der Waals surface area contributed by atoms with Crippen molar-refractivity contribution in [3.05, 3.63) is 0 Å². The van der Waals surface area contributed by atoms with E-state index in [0.717, 1.165) is 36.6 Å². The minimum absolute atomic E-state index is 0.333. The second-order valence-electron chi connectivity index (χ2n) is 4.70. The molecule has 0 aromatic rings. The molecule has 0 radical (unpaired) electrons. The summed E-state index contributed by atoms with van der Waals surface area (Å²) in [5.74, 6) is 1.48. The van der Waals surface area contributed by atoms with E-state index < -0.39 is 0 Å². The number of aliphatic hydroxyl groups is 1. The Balaban J connectivity index is 3.57. The van der Waals surface area contributed by atoms with Crippen LogP contribution >= 0.6 is 15.9 Å². The maximum absolute atomic E-state index is 8.67. The third-order valence-corrected chi connectivity index (χ3v) is 3.72. The van der Waals surface area contributed by atoms with Crippen molar-refractivity contribution in [2.45, 2.75) is 33.1 Å². The summed E-state index contributed by atoms with van der Waals surface area (Å²) < 4.78 is 0. The molecule has 0 aliphatic heterocycles. The molecule has 0 bridgehead atoms. The Hall–Kier alpha value is 0.400. The highest BCUT2D eigenvalue weighted by atomic mass is 79.9. The van der Waals surface area contributed by atoms with Crippen molar-refractivity contribution in [2.24, 2.45) is 11.8 Å². The Labute approximate surface area is 103 Å². The van der Waals surface area contributed by atoms with Crippen LogP contribution in [0.4, 0.5) is 0 Å². The van der Waals surface area contributed by atoms with Crippen LogP contribution in [0.2, 0.25) is 0 Å². The highest BCUT2D eigenvalue weighted by Gasteiger charge is 2.13. The van der Waals surface area contributed by atoms with Gasteiger partial charge in [0.15, 0.2) is 0 Å². The third-order valence-electron chi connectivity index (χ3n) is 2.89. The summed E-state index contributed by atoms with van der Waals surface area (Å²) in [5.41, 5.74) is 0. The zero-order valence-electron chi connectivity index (χ0n) is 10.4. The van der Waals surface area contributed by atoms with Crippen LogP contribution in [0.1, 0.15) is 33.1 Å². The molecule has 0 spiro atoms. The molecule has 1 atom stereocenters. The standard InChI is InChI=1S/C12H26BrNO/c1-11(2)12(9-13)10-14(3)7-5-4-6-8-15/h11-12,15H,4-10H2,1-3H3. The van der Waals surface area contributed by atoms with Crippen molar-refractivity contribution < 1.29 is 5.11 Å². The molecule has 1 unspecified atom stereocenters. The van der Waals surface area contributed by atoms with E-state index in [-0.39, 0.29) is 0 Å². The minimum atomic E-state index is 0.333. The SMILES string of the molecule is CC(C)C(CBr)CN(C)CCCCCO. The molecule has 0 saturated heterocycles. The second-order valence-corrected chi connectivity index (χ2v) is 5.35. The fourth-order valence-electron chi connectivity index (χ4n) is 1.60. The van der Waals surface area contributed by atoms with Gasteiger partial charge in [-0.3, -0.25) is 0 Å². The van der Waals surface area contributed by atoms with E-state index in [1.54, 1.807) is 0 Å². The molecule has 92 valence electrons. The first kappa shape index (κ1) is 15.4. The monoisotopic (exact) mass is 279 g/mol. The van der Waals surface area contributed by atoms with Gasteiger partial charge in [0.25, 0.3) is 0 Å². The summed E-state index contributed by atoms with van der Waals surface area (Å²) in [6.07, 6.45) is 3.28. The van der Waals surface area contributed by atoms with Gasteiger partial charge in [0.2, 0.25) is 0 Å². The highest BCUT2D eigenvalue weighted by molar-refractivity contribution is 9.09. The largest absolute Gasteiger partial charge is 0.396 e. The van der Waals surface area contributed by atoms with Gasteiger partial charge in [-0.15, -0.1) is 0 Å². The normalized spacial score (nSPS) is 13.8. The lowest BCUT2D eigenvalue weighted by Gasteiger charge is -2.25. The number of nitrogens with zero attached hydrogens (tertiary/aromatic N) is 1. The van der Waals surface area contributed by atoms with E-state index in [4.69, 9.17) is 5.11 Å². The Morgan fingerprint density at radius 1 is 1.20 bits per heavy atom. The van der Waals surface area contributed by atoms with Gasteiger partial charge in [0.05, 0.1) is 0 Å². The molecule has 0 fully saturated rings. The van der Waals surface area contributed by atoms with Gasteiger partial charge in [-0.25, -0.2) is 0 Å². The fraction of sp³-hybridized carbons (Fsp3) is 1.00. The van der Waals surface area contributed by atoms with Gasteiger partial charge in [-0.05, 0) is 44.7 Å². The quantitative estimate of drug-likeness (QED) is 0.518. The molecule has 0 saturated carbocycles. The first-order valence-corrected chi connectivity index (χ1v) is 7.09. The number of alkyl halides is 1. The lowest BCUT2D eigenvalue weighted by atomic mass is 9.97. The van der Waals surface area contributed by atoms with Crippen LogP contribution < -0.4 is 0 Å². The van der Waals surface area contributed by atoms with Crippen molar-refractivity contribution in [1.82, 2.24) is 4.90 Å². The fourth-order valence-corrected chi connectivity index (χ4v) is 2.55. The van der Waals surface area contributed by atoms with Crippen molar-refractivity contribution >= 4 is 15.9 Å². The van der Waals surface area contributed by atoms with Gasteiger partial charge in [0, 0.05) is 18.5 Å². The van der Waals surface area contributed by atoms with Crippen molar-refractivity contribution in [3.63, 3.8) is 0 Å². The van der Waals surface area contributed by atoms with Crippen LogP contribution in [0.25, 0.3) is 0 Å². The first-order valence-electron chi connectivity index (χ1n) is 5.97. The highest BCUT2D eigenvalue weighted by Crippen LogP contribution is 2.15. The van der Waals surface area contributed by atoms with Crippen molar-refractivity contribution in [2.75, 3.05) is 32.1 Å². The zero-order valence-corrected chi connectivity index (χ0v) is 12.0. The molecule has 0 aromatic heterocycles. The maximum atomic E-state index is 8.67. The van der Waals surface area contributed by atoms with Crippen LogP contribution in [-0.2, 0) is 0 Å². The Morgan fingerprint density at radius 2 is 1.87 bits per heavy atom. The van der Waals surface area contributed by atoms with Crippen LogP contribution in [0.5, 0.6) is 0 Å². The number of hydrogen-bond acceptors (Lipinski definition) is 2. The number of hydrogen-bond donors (Lipinski definition) is 1. The third kappa shape index (κ3) is 8.23. The van der Waals surface area contributed by atoms with E-state index in [1.807, 2.05) is 0 Å².